The van der Waals surface area contributed by atoms with Gasteiger partial charge in [-0.15, -0.1) is 17.7 Å². The number of hydrogen-bond acceptors (Lipinski definition) is 12. The van der Waals surface area contributed by atoms with Crippen molar-refractivity contribution in [1.82, 2.24) is 15.2 Å². The molecular formula is C23H18N6O6S2. The molecule has 37 heavy (non-hydrogen) atoms. The van der Waals surface area contributed by atoms with Gasteiger partial charge in [-0.1, -0.05) is 34.6 Å². The summed E-state index contributed by atoms with van der Waals surface area (Å²) < 4.78 is 5.60. The number of hydrogen-bond donors (Lipinski definition) is 3. The molecular weight excluding hydrogens is 520 g/mol. The van der Waals surface area contributed by atoms with E-state index in [1.54, 1.807) is 38.1 Å². The molecule has 188 valence electrons. The van der Waals surface area contributed by atoms with Gasteiger partial charge in [0, 0.05) is 11.0 Å². The van der Waals surface area contributed by atoms with Gasteiger partial charge in [0.15, 0.2) is 10.9 Å². The zero-order valence-electron chi connectivity index (χ0n) is 19.3. The van der Waals surface area contributed by atoms with Gasteiger partial charge in [0.05, 0.1) is 27.5 Å². The summed E-state index contributed by atoms with van der Waals surface area (Å²) in [5.74, 6) is -2.57. The minimum Gasteiger partial charge on any atom is -0.403 e. The second kappa shape index (κ2) is 10.7. The maximum Gasteiger partial charge on any atom is 0.322 e. The van der Waals surface area contributed by atoms with E-state index in [0.29, 0.717) is 21.7 Å². The predicted octanol–water partition coefficient (Wildman–Crippen LogP) is 4.53. The van der Waals surface area contributed by atoms with Crippen molar-refractivity contribution >= 4 is 64.0 Å². The molecule has 0 unspecified atom stereocenters. The molecule has 14 heteroatoms. The van der Waals surface area contributed by atoms with Crippen LogP contribution in [0.2, 0.25) is 0 Å². The maximum atomic E-state index is 12.7. The summed E-state index contributed by atoms with van der Waals surface area (Å²) in [7, 11) is 0. The van der Waals surface area contributed by atoms with Gasteiger partial charge in [-0.25, -0.2) is 4.98 Å². The lowest BCUT2D eigenvalue weighted by Crippen LogP contribution is -2.25. The molecule has 0 saturated carbocycles. The normalized spacial score (nSPS) is 10.7. The minimum atomic E-state index is -1.14. The Morgan fingerprint density at radius 2 is 1.89 bits per heavy atom. The largest absolute Gasteiger partial charge is 0.403 e. The number of Topliss-reactive ketones (excluding diaryl/α,β-unsaturated/α-hetero) is 2. The highest BCUT2D eigenvalue weighted by Crippen LogP contribution is 2.30. The monoisotopic (exact) mass is 538 g/mol. The Morgan fingerprint density at radius 1 is 1.14 bits per heavy atom. The average molecular weight is 539 g/mol. The SMILES string of the molecule is Cc1ccc(NC(=O)C(=O)CC(=O)c2sc(Nc3nnc(-c4ccccc4S)o3)nc2C)c([N+](=O)[O-])c1. The number of nitrogens with one attached hydrogen (secondary N) is 2. The molecule has 0 aliphatic carbocycles. The Hall–Kier alpha value is -4.43. The van der Waals surface area contributed by atoms with Crippen molar-refractivity contribution in [2.75, 3.05) is 10.6 Å². The van der Waals surface area contributed by atoms with Crippen LogP contribution in [0.5, 0.6) is 0 Å². The summed E-state index contributed by atoms with van der Waals surface area (Å²) in [5, 5.41) is 24.4. The van der Waals surface area contributed by atoms with E-state index in [-0.39, 0.29) is 33.3 Å². The topological polar surface area (TPSA) is 170 Å². The molecule has 0 radical (unpaired) electrons. The number of nitrogens with zero attached hydrogens (tertiary/aromatic N) is 4. The third-order valence-electron chi connectivity index (χ3n) is 5.00. The highest BCUT2D eigenvalue weighted by Gasteiger charge is 2.25. The van der Waals surface area contributed by atoms with E-state index >= 15 is 0 Å². The van der Waals surface area contributed by atoms with Gasteiger partial charge in [0.1, 0.15) is 5.69 Å². The summed E-state index contributed by atoms with van der Waals surface area (Å²) >= 11 is 5.31. The smallest absolute Gasteiger partial charge is 0.322 e. The van der Waals surface area contributed by atoms with Crippen molar-refractivity contribution < 1.29 is 23.7 Å². The van der Waals surface area contributed by atoms with Crippen molar-refractivity contribution in [1.29, 1.82) is 0 Å². The Labute approximate surface area is 218 Å². The van der Waals surface area contributed by atoms with Gasteiger partial charge in [-0.05, 0) is 37.6 Å². The van der Waals surface area contributed by atoms with Crippen LogP contribution in [-0.2, 0) is 9.59 Å². The third kappa shape index (κ3) is 5.87. The van der Waals surface area contributed by atoms with Crippen molar-refractivity contribution in [2.24, 2.45) is 0 Å². The molecule has 4 aromatic rings. The number of aromatic nitrogens is 3. The van der Waals surface area contributed by atoms with Crippen LogP contribution in [0.3, 0.4) is 0 Å². The Kier molecular flexibility index (Phi) is 7.40. The van der Waals surface area contributed by atoms with Gasteiger partial charge >= 0.3 is 6.01 Å². The third-order valence-corrected chi connectivity index (χ3v) is 6.50. The number of thiazole rings is 1. The first-order chi connectivity index (χ1) is 17.6. The molecule has 0 fully saturated rings. The van der Waals surface area contributed by atoms with Crippen LogP contribution < -0.4 is 10.6 Å². The second-order valence-electron chi connectivity index (χ2n) is 7.74. The Morgan fingerprint density at radius 3 is 2.62 bits per heavy atom. The Balaban J connectivity index is 1.42. The van der Waals surface area contributed by atoms with Crippen LogP contribution >= 0.6 is 24.0 Å². The number of nitro benzene ring substituents is 1. The number of amides is 1. The molecule has 2 aromatic heterocycles. The van der Waals surface area contributed by atoms with Gasteiger partial charge in [-0.3, -0.25) is 29.8 Å². The quantitative estimate of drug-likeness (QED) is 0.0687. The molecule has 0 atom stereocenters. The van der Waals surface area contributed by atoms with Crippen LogP contribution in [0.4, 0.5) is 22.5 Å². The fourth-order valence-electron chi connectivity index (χ4n) is 3.23. The number of anilines is 3. The molecule has 2 N–H and O–H groups in total. The van der Waals surface area contributed by atoms with E-state index in [0.717, 1.165) is 11.3 Å². The number of carbonyl (C=O) groups is 3. The Bertz CT molecular complexity index is 1550. The van der Waals surface area contributed by atoms with Crippen LogP contribution in [0, 0.1) is 24.0 Å². The summed E-state index contributed by atoms with van der Waals surface area (Å²) in [6.45, 7) is 3.23. The molecule has 0 spiro atoms. The van der Waals surface area contributed by atoms with E-state index < -0.39 is 28.8 Å². The predicted molar refractivity (Wildman–Crippen MR) is 138 cm³/mol. The van der Waals surface area contributed by atoms with Crippen LogP contribution in [0.1, 0.15) is 27.3 Å². The highest BCUT2D eigenvalue weighted by atomic mass is 32.1. The minimum absolute atomic E-state index is 0.0366. The van der Waals surface area contributed by atoms with E-state index in [9.17, 15) is 24.5 Å². The summed E-state index contributed by atoms with van der Waals surface area (Å²) in [6.07, 6.45) is -0.739. The molecule has 4 rings (SSSR count). The molecule has 0 aliphatic rings. The van der Waals surface area contributed by atoms with Crippen LogP contribution in [-0.4, -0.2) is 37.6 Å². The van der Waals surface area contributed by atoms with Crippen molar-refractivity contribution in [3.8, 4) is 11.5 Å². The summed E-state index contributed by atoms with van der Waals surface area (Å²) in [5.41, 5.74) is 1.09. The molecule has 12 nitrogen and oxygen atoms in total. The van der Waals surface area contributed by atoms with E-state index in [4.69, 9.17) is 4.42 Å². The van der Waals surface area contributed by atoms with Crippen LogP contribution in [0.25, 0.3) is 11.5 Å². The lowest BCUT2D eigenvalue weighted by Gasteiger charge is -2.06. The first kappa shape index (κ1) is 25.7. The number of carbonyl (C=O) groups excluding carboxylic acids is 3. The summed E-state index contributed by atoms with van der Waals surface area (Å²) in [4.78, 5) is 53.0. The fraction of sp³-hybridized carbons (Fsp3) is 0.130. The molecule has 0 aliphatic heterocycles. The zero-order chi connectivity index (χ0) is 26.7. The number of nitro groups is 1. The second-order valence-corrected chi connectivity index (χ2v) is 9.22. The summed E-state index contributed by atoms with van der Waals surface area (Å²) in [6, 6.07) is 11.4. The number of aryl methyl sites for hydroxylation is 2. The lowest BCUT2D eigenvalue weighted by atomic mass is 10.1. The van der Waals surface area contributed by atoms with Crippen molar-refractivity contribution in [2.45, 2.75) is 25.2 Å². The van der Waals surface area contributed by atoms with Gasteiger partial charge in [0.2, 0.25) is 5.78 Å². The number of thiol groups is 1. The van der Waals surface area contributed by atoms with Crippen molar-refractivity contribution in [3.63, 3.8) is 0 Å². The molecule has 0 bridgehead atoms. The average Bonchev–Trinajstić information content (AvgIpc) is 3.46. The van der Waals surface area contributed by atoms with E-state index in [2.05, 4.69) is 38.4 Å². The lowest BCUT2D eigenvalue weighted by molar-refractivity contribution is -0.384. The number of rotatable bonds is 9. The molecule has 2 aromatic carbocycles. The van der Waals surface area contributed by atoms with Gasteiger partial charge in [0.25, 0.3) is 17.5 Å². The standard InChI is InChI=1S/C23H18N6O6S2/c1-11-7-8-14(15(9-11)29(33)34)25-20(32)17(31)10-16(30)19-12(2)24-23(37-19)26-22-28-27-21(35-22)13-5-3-4-6-18(13)36/h3-9,36H,10H2,1-2H3,(H,25,32)(H,24,26,28). The first-order valence-corrected chi connectivity index (χ1v) is 11.9. The maximum absolute atomic E-state index is 12.7. The van der Waals surface area contributed by atoms with E-state index in [1.807, 2.05) is 6.07 Å². The molecule has 1 amide bonds. The first-order valence-electron chi connectivity index (χ1n) is 10.6. The molecule has 2 heterocycles. The number of ketones is 2. The fourth-order valence-corrected chi connectivity index (χ4v) is 4.38. The zero-order valence-corrected chi connectivity index (χ0v) is 21.1. The van der Waals surface area contributed by atoms with Gasteiger partial charge < -0.3 is 9.73 Å². The molecule has 0 saturated heterocycles. The van der Waals surface area contributed by atoms with Gasteiger partial charge in [-0.2, -0.15) is 0 Å². The van der Waals surface area contributed by atoms with Crippen LogP contribution in [0.15, 0.2) is 51.8 Å². The number of benzene rings is 2. The van der Waals surface area contributed by atoms with E-state index in [1.165, 1.54) is 12.1 Å². The highest BCUT2D eigenvalue weighted by molar-refractivity contribution is 7.80. The van der Waals surface area contributed by atoms with Crippen molar-refractivity contribution in [3.05, 3.63) is 68.7 Å².